The maximum atomic E-state index is 12.0. The minimum Gasteiger partial charge on any atom is -0.198 e. The fraction of sp³-hybridized carbons (Fsp3) is 0.500. The van der Waals surface area contributed by atoms with Crippen molar-refractivity contribution in [3.8, 4) is 6.07 Å². The van der Waals surface area contributed by atoms with Gasteiger partial charge in [-0.15, -0.1) is 0 Å². The highest BCUT2D eigenvalue weighted by atomic mass is 32.2. The predicted octanol–water partition coefficient (Wildman–Crippen LogP) is 2.43. The monoisotopic (exact) mass is 294 g/mol. The van der Waals surface area contributed by atoms with Crippen LogP contribution in [-0.4, -0.2) is 13.7 Å². The number of nitrogens with zero attached hydrogens (tertiary/aromatic N) is 1. The highest BCUT2D eigenvalue weighted by Gasteiger charge is 2.29. The average molecular weight is 294 g/mol. The van der Waals surface area contributed by atoms with Gasteiger partial charge in [0.2, 0.25) is 0 Å². The molecule has 0 aromatic heterocycles. The molecule has 1 fully saturated rings. The first kappa shape index (κ1) is 15.0. The molecule has 0 spiro atoms. The molecular formula is C14H18N2O3S. The second kappa shape index (κ2) is 6.84. The van der Waals surface area contributed by atoms with Crippen molar-refractivity contribution in [3.05, 3.63) is 35.9 Å². The number of rotatable bonds is 5. The molecule has 1 saturated carbocycles. The van der Waals surface area contributed by atoms with Gasteiger partial charge in [-0.1, -0.05) is 49.6 Å². The molecule has 1 aromatic carbocycles. The Morgan fingerprint density at radius 1 is 1.20 bits per heavy atom. The van der Waals surface area contributed by atoms with Gasteiger partial charge in [-0.3, -0.25) is 0 Å². The maximum absolute atomic E-state index is 12.0. The molecule has 0 saturated heterocycles. The lowest BCUT2D eigenvalue weighted by molar-refractivity contribution is 0.178. The van der Waals surface area contributed by atoms with Crippen molar-refractivity contribution in [2.75, 3.05) is 0 Å². The van der Waals surface area contributed by atoms with Gasteiger partial charge in [0.05, 0.1) is 11.3 Å². The minimum absolute atomic E-state index is 0.459. The molecule has 20 heavy (non-hydrogen) atoms. The van der Waals surface area contributed by atoms with Gasteiger partial charge in [-0.05, 0) is 18.4 Å². The molecule has 6 heteroatoms. The average Bonchev–Trinajstić information content (AvgIpc) is 2.50. The van der Waals surface area contributed by atoms with Crippen molar-refractivity contribution in [2.24, 2.45) is 0 Å². The van der Waals surface area contributed by atoms with Crippen LogP contribution < -0.4 is 5.48 Å². The molecule has 1 unspecified atom stereocenters. The van der Waals surface area contributed by atoms with Crippen LogP contribution in [0.25, 0.3) is 0 Å². The third-order valence-electron chi connectivity index (χ3n) is 3.50. The zero-order valence-electron chi connectivity index (χ0n) is 11.2. The fourth-order valence-corrected chi connectivity index (χ4v) is 3.63. The molecule has 1 aromatic rings. The third kappa shape index (κ3) is 3.79. The third-order valence-corrected chi connectivity index (χ3v) is 5.12. The van der Waals surface area contributed by atoms with Crippen molar-refractivity contribution in [2.45, 2.75) is 43.4 Å². The Bertz CT molecular complexity index is 560. The summed E-state index contributed by atoms with van der Waals surface area (Å²) in [6.45, 7) is 0. The Morgan fingerprint density at radius 2 is 1.85 bits per heavy atom. The summed E-state index contributed by atoms with van der Waals surface area (Å²) >= 11 is 0. The Labute approximate surface area is 119 Å². The zero-order valence-corrected chi connectivity index (χ0v) is 12.0. The van der Waals surface area contributed by atoms with Crippen LogP contribution in [0.2, 0.25) is 0 Å². The molecule has 2 rings (SSSR count). The van der Waals surface area contributed by atoms with Crippen LogP contribution in [-0.2, 0) is 14.4 Å². The Hall–Kier alpha value is -1.42. The summed E-state index contributed by atoms with van der Waals surface area (Å²) in [5, 5.41) is 8.64. The van der Waals surface area contributed by atoms with Crippen molar-refractivity contribution < 1.29 is 12.7 Å². The molecule has 0 aliphatic heterocycles. The van der Waals surface area contributed by atoms with Gasteiger partial charge in [0, 0.05) is 0 Å². The maximum Gasteiger partial charge on any atom is 0.286 e. The minimum atomic E-state index is -3.66. The lowest BCUT2D eigenvalue weighted by Crippen LogP contribution is -2.32. The number of nitriles is 1. The van der Waals surface area contributed by atoms with Gasteiger partial charge in [-0.2, -0.15) is 23.4 Å². The SMILES string of the molecule is N#CC(NOS(=O)(=O)C1CCCCC1)c1ccccc1. The van der Waals surface area contributed by atoms with Gasteiger partial charge in [-0.25, -0.2) is 0 Å². The summed E-state index contributed by atoms with van der Waals surface area (Å²) in [6.07, 6.45) is 4.16. The standard InChI is InChI=1S/C14H18N2O3S/c15-11-14(12-7-3-1-4-8-12)16-19-20(17,18)13-9-5-2-6-10-13/h1,3-4,7-8,13-14,16H,2,5-6,9-10H2. The number of hydrogen-bond donors (Lipinski definition) is 1. The van der Waals surface area contributed by atoms with Crippen LogP contribution in [0, 0.1) is 11.3 Å². The van der Waals surface area contributed by atoms with E-state index < -0.39 is 21.4 Å². The molecule has 0 amide bonds. The van der Waals surface area contributed by atoms with Crippen molar-refractivity contribution in [1.82, 2.24) is 5.48 Å². The zero-order chi connectivity index (χ0) is 14.4. The van der Waals surface area contributed by atoms with Crippen molar-refractivity contribution >= 4 is 10.1 Å². The van der Waals surface area contributed by atoms with Crippen LogP contribution in [0.5, 0.6) is 0 Å². The summed E-state index contributed by atoms with van der Waals surface area (Å²) in [4.78, 5) is 0. The van der Waals surface area contributed by atoms with Crippen LogP contribution in [0.4, 0.5) is 0 Å². The predicted molar refractivity (Wildman–Crippen MR) is 74.8 cm³/mol. The largest absolute Gasteiger partial charge is 0.286 e. The van der Waals surface area contributed by atoms with E-state index in [9.17, 15) is 8.42 Å². The highest BCUT2D eigenvalue weighted by Crippen LogP contribution is 2.24. The number of benzene rings is 1. The number of hydroxylamine groups is 1. The van der Waals surface area contributed by atoms with Gasteiger partial charge in [0.25, 0.3) is 10.1 Å². The topological polar surface area (TPSA) is 79.2 Å². The van der Waals surface area contributed by atoms with Crippen molar-refractivity contribution in [3.63, 3.8) is 0 Å². The van der Waals surface area contributed by atoms with Crippen LogP contribution in [0.15, 0.2) is 30.3 Å². The van der Waals surface area contributed by atoms with E-state index >= 15 is 0 Å². The number of nitrogens with one attached hydrogen (secondary N) is 1. The summed E-state index contributed by atoms with van der Waals surface area (Å²) in [5.74, 6) is 0. The lowest BCUT2D eigenvalue weighted by atomic mass is 10.0. The van der Waals surface area contributed by atoms with Crippen LogP contribution in [0.1, 0.15) is 43.7 Å². The van der Waals surface area contributed by atoms with E-state index in [1.165, 1.54) is 0 Å². The van der Waals surface area contributed by atoms with E-state index in [2.05, 4.69) is 5.48 Å². The lowest BCUT2D eigenvalue weighted by Gasteiger charge is -2.21. The fourth-order valence-electron chi connectivity index (χ4n) is 2.35. The number of hydrogen-bond acceptors (Lipinski definition) is 5. The van der Waals surface area contributed by atoms with E-state index in [0.29, 0.717) is 18.4 Å². The van der Waals surface area contributed by atoms with Gasteiger partial charge < -0.3 is 0 Å². The highest BCUT2D eigenvalue weighted by molar-refractivity contribution is 7.87. The molecule has 1 aliphatic rings. The molecule has 108 valence electrons. The normalized spacial score (nSPS) is 18.4. The second-order valence-electron chi connectivity index (χ2n) is 4.93. The summed E-state index contributed by atoms with van der Waals surface area (Å²) in [6, 6.07) is 10.1. The molecule has 5 nitrogen and oxygen atoms in total. The molecule has 0 radical (unpaired) electrons. The Morgan fingerprint density at radius 3 is 2.45 bits per heavy atom. The van der Waals surface area contributed by atoms with Crippen LogP contribution in [0.3, 0.4) is 0 Å². The van der Waals surface area contributed by atoms with Crippen molar-refractivity contribution in [1.29, 1.82) is 5.26 Å². The van der Waals surface area contributed by atoms with Gasteiger partial charge in [0.1, 0.15) is 6.04 Å². The van der Waals surface area contributed by atoms with E-state index in [0.717, 1.165) is 19.3 Å². The van der Waals surface area contributed by atoms with Crippen LogP contribution >= 0.6 is 0 Å². The van der Waals surface area contributed by atoms with E-state index in [-0.39, 0.29) is 0 Å². The molecule has 1 aliphatic carbocycles. The van der Waals surface area contributed by atoms with E-state index in [1.807, 2.05) is 12.1 Å². The van der Waals surface area contributed by atoms with E-state index in [4.69, 9.17) is 9.55 Å². The molecule has 1 atom stereocenters. The first-order chi connectivity index (χ1) is 9.63. The van der Waals surface area contributed by atoms with E-state index in [1.54, 1.807) is 24.3 Å². The molecule has 0 bridgehead atoms. The first-order valence-electron chi connectivity index (χ1n) is 6.76. The van der Waals surface area contributed by atoms with Gasteiger partial charge in [0.15, 0.2) is 0 Å². The Kier molecular flexibility index (Phi) is 5.12. The molecule has 0 heterocycles. The first-order valence-corrected chi connectivity index (χ1v) is 8.23. The molecular weight excluding hydrogens is 276 g/mol. The summed E-state index contributed by atoms with van der Waals surface area (Å²) in [5.41, 5.74) is 3.05. The second-order valence-corrected chi connectivity index (χ2v) is 6.75. The Balaban J connectivity index is 1.98. The quantitative estimate of drug-likeness (QED) is 0.844. The van der Waals surface area contributed by atoms with Gasteiger partial charge >= 0.3 is 0 Å². The smallest absolute Gasteiger partial charge is 0.198 e. The summed E-state index contributed by atoms with van der Waals surface area (Å²) < 4.78 is 29.0. The summed E-state index contributed by atoms with van der Waals surface area (Å²) in [7, 11) is -3.66. The molecule has 1 N–H and O–H groups in total.